The Hall–Kier alpha value is -2.77. The number of nitrogens with zero attached hydrogens (tertiary/aromatic N) is 2. The molecule has 144 valence electrons. The molecule has 3 N–H and O–H groups in total. The van der Waals surface area contributed by atoms with Crippen LogP contribution in [-0.2, 0) is 19.5 Å². The van der Waals surface area contributed by atoms with E-state index in [1.54, 1.807) is 24.3 Å². The highest BCUT2D eigenvalue weighted by atomic mass is 35.5. The molecule has 0 fully saturated rings. The lowest BCUT2D eigenvalue weighted by atomic mass is 10.0. The van der Waals surface area contributed by atoms with Crippen LogP contribution in [0.4, 0.5) is 14.5 Å². The van der Waals surface area contributed by atoms with E-state index in [-0.39, 0.29) is 22.7 Å². The molecule has 0 spiro atoms. The van der Waals surface area contributed by atoms with Gasteiger partial charge in [-0.3, -0.25) is 9.69 Å². The number of halogens is 3. The second kappa shape index (κ2) is 7.33. The van der Waals surface area contributed by atoms with E-state index in [0.29, 0.717) is 42.3 Å². The average molecular weight is 403 g/mol. The molecule has 0 unspecified atom stereocenters. The van der Waals surface area contributed by atoms with E-state index in [1.165, 1.54) is 6.07 Å². The predicted molar refractivity (Wildman–Crippen MR) is 104 cm³/mol. The number of rotatable bonds is 3. The Kier molecular flexibility index (Phi) is 4.87. The summed E-state index contributed by atoms with van der Waals surface area (Å²) in [5.74, 6) is -0.964. The Morgan fingerprint density at radius 3 is 2.68 bits per heavy atom. The summed E-state index contributed by atoms with van der Waals surface area (Å²) in [5, 5.41) is -0.117. The number of H-pyrrole nitrogens is 1. The molecule has 8 heteroatoms. The number of hydrogen-bond donors (Lipinski definition) is 2. The first-order chi connectivity index (χ1) is 13.4. The normalized spacial score (nSPS) is 14.1. The molecular weight excluding hydrogens is 386 g/mol. The molecule has 0 atom stereocenters. The molecule has 0 amide bonds. The molecule has 0 aliphatic carbocycles. The fraction of sp³-hybridized carbons (Fsp3) is 0.200. The molecule has 0 saturated carbocycles. The number of nitrogen functional groups attached to an aromatic ring is 1. The molecule has 0 bridgehead atoms. The number of nitrogens with one attached hydrogen (secondary N) is 1. The standard InChI is InChI=1S/C20H17ClF2N4O/c21-15-5-6-16(22)14(18(15)23)9-27-8-7-13-17(10-27)25-19(26-20(13)28)11-1-3-12(24)4-2-11/h1-6H,7-10,24H2,(H,25,26,28). The zero-order valence-corrected chi connectivity index (χ0v) is 15.6. The van der Waals surface area contributed by atoms with E-state index < -0.39 is 11.6 Å². The molecule has 5 nitrogen and oxygen atoms in total. The summed E-state index contributed by atoms with van der Waals surface area (Å²) in [4.78, 5) is 21.7. The van der Waals surface area contributed by atoms with Crippen LogP contribution < -0.4 is 11.3 Å². The largest absolute Gasteiger partial charge is 0.399 e. The monoisotopic (exact) mass is 402 g/mol. The molecular formula is C20H17ClF2N4O. The lowest BCUT2D eigenvalue weighted by molar-refractivity contribution is 0.233. The van der Waals surface area contributed by atoms with Crippen molar-refractivity contribution in [2.24, 2.45) is 0 Å². The SMILES string of the molecule is Nc1ccc(-c2nc3c(c(=O)[nH]2)CCN(Cc2c(F)ccc(Cl)c2F)C3)cc1. The number of anilines is 1. The van der Waals surface area contributed by atoms with Crippen LogP contribution in [0.15, 0.2) is 41.2 Å². The summed E-state index contributed by atoms with van der Waals surface area (Å²) in [6.07, 6.45) is 0.448. The van der Waals surface area contributed by atoms with Crippen LogP contribution in [0.5, 0.6) is 0 Å². The maximum Gasteiger partial charge on any atom is 0.254 e. The minimum Gasteiger partial charge on any atom is -0.399 e. The van der Waals surface area contributed by atoms with E-state index in [9.17, 15) is 13.6 Å². The van der Waals surface area contributed by atoms with Crippen LogP contribution in [0.25, 0.3) is 11.4 Å². The van der Waals surface area contributed by atoms with Gasteiger partial charge in [-0.15, -0.1) is 0 Å². The maximum absolute atomic E-state index is 14.2. The van der Waals surface area contributed by atoms with Gasteiger partial charge >= 0.3 is 0 Å². The topological polar surface area (TPSA) is 75.0 Å². The third kappa shape index (κ3) is 3.50. The number of aromatic amines is 1. The summed E-state index contributed by atoms with van der Waals surface area (Å²) < 4.78 is 28.3. The lowest BCUT2D eigenvalue weighted by Crippen LogP contribution is -2.35. The second-order valence-corrected chi connectivity index (χ2v) is 7.15. The Labute approximate surface area is 164 Å². The van der Waals surface area contributed by atoms with Gasteiger partial charge in [-0.1, -0.05) is 11.6 Å². The van der Waals surface area contributed by atoms with Crippen molar-refractivity contribution in [3.63, 3.8) is 0 Å². The Bertz CT molecular complexity index is 1100. The van der Waals surface area contributed by atoms with Crippen LogP contribution in [0.1, 0.15) is 16.8 Å². The molecule has 3 aromatic rings. The Balaban J connectivity index is 1.64. The van der Waals surface area contributed by atoms with Crippen molar-refractivity contribution < 1.29 is 8.78 Å². The third-order valence-electron chi connectivity index (χ3n) is 4.86. The minimum absolute atomic E-state index is 0.0450. The first-order valence-corrected chi connectivity index (χ1v) is 9.13. The van der Waals surface area contributed by atoms with Gasteiger partial charge in [0.25, 0.3) is 5.56 Å². The van der Waals surface area contributed by atoms with Crippen LogP contribution in [0, 0.1) is 11.6 Å². The Morgan fingerprint density at radius 1 is 1.18 bits per heavy atom. The number of hydrogen-bond acceptors (Lipinski definition) is 4. The van der Waals surface area contributed by atoms with Gasteiger partial charge in [0.15, 0.2) is 0 Å². The van der Waals surface area contributed by atoms with Crippen LogP contribution >= 0.6 is 11.6 Å². The maximum atomic E-state index is 14.2. The first kappa shape index (κ1) is 18.6. The predicted octanol–water partition coefficient (Wildman–Crippen LogP) is 3.51. The van der Waals surface area contributed by atoms with Gasteiger partial charge in [-0.05, 0) is 42.8 Å². The van der Waals surface area contributed by atoms with Gasteiger partial charge < -0.3 is 10.7 Å². The van der Waals surface area contributed by atoms with Crippen LogP contribution in [-0.4, -0.2) is 21.4 Å². The summed E-state index contributed by atoms with van der Waals surface area (Å²) in [7, 11) is 0. The number of nitrogens with two attached hydrogens (primary N) is 1. The zero-order chi connectivity index (χ0) is 19.8. The van der Waals surface area contributed by atoms with Crippen molar-refractivity contribution in [3.8, 4) is 11.4 Å². The second-order valence-electron chi connectivity index (χ2n) is 6.74. The van der Waals surface area contributed by atoms with Crippen LogP contribution in [0.2, 0.25) is 5.02 Å². The Morgan fingerprint density at radius 2 is 1.93 bits per heavy atom. The minimum atomic E-state index is -0.756. The van der Waals surface area contributed by atoms with Crippen molar-refractivity contribution in [2.75, 3.05) is 12.3 Å². The molecule has 0 saturated heterocycles. The molecule has 2 aromatic carbocycles. The fourth-order valence-corrected chi connectivity index (χ4v) is 3.52. The van der Waals surface area contributed by atoms with Crippen molar-refractivity contribution in [3.05, 3.63) is 80.2 Å². The third-order valence-corrected chi connectivity index (χ3v) is 5.15. The highest BCUT2D eigenvalue weighted by Crippen LogP contribution is 2.25. The van der Waals surface area contributed by atoms with Gasteiger partial charge in [0.1, 0.15) is 17.5 Å². The van der Waals surface area contributed by atoms with Gasteiger partial charge in [0, 0.05) is 42.0 Å². The molecule has 1 aliphatic rings. The van der Waals surface area contributed by atoms with Gasteiger partial charge in [-0.25, -0.2) is 13.8 Å². The molecule has 1 aliphatic heterocycles. The fourth-order valence-electron chi connectivity index (χ4n) is 3.34. The van der Waals surface area contributed by atoms with Crippen molar-refractivity contribution in [1.82, 2.24) is 14.9 Å². The average Bonchev–Trinajstić information content (AvgIpc) is 2.68. The smallest absolute Gasteiger partial charge is 0.254 e. The van der Waals surface area contributed by atoms with E-state index in [2.05, 4.69) is 9.97 Å². The first-order valence-electron chi connectivity index (χ1n) is 8.75. The van der Waals surface area contributed by atoms with Gasteiger partial charge in [0.05, 0.1) is 10.7 Å². The number of benzene rings is 2. The van der Waals surface area contributed by atoms with Crippen molar-refractivity contribution >= 4 is 17.3 Å². The van der Waals surface area contributed by atoms with E-state index in [1.807, 2.05) is 4.90 Å². The van der Waals surface area contributed by atoms with Crippen molar-refractivity contribution in [1.29, 1.82) is 0 Å². The number of aromatic nitrogens is 2. The number of fused-ring (bicyclic) bond motifs is 1. The summed E-state index contributed by atoms with van der Waals surface area (Å²) in [5.41, 5.74) is 7.97. The highest BCUT2D eigenvalue weighted by molar-refractivity contribution is 6.30. The van der Waals surface area contributed by atoms with Gasteiger partial charge in [0.2, 0.25) is 0 Å². The zero-order valence-electron chi connectivity index (χ0n) is 14.8. The molecule has 28 heavy (non-hydrogen) atoms. The molecule has 0 radical (unpaired) electrons. The molecule has 1 aromatic heterocycles. The summed E-state index contributed by atoms with van der Waals surface area (Å²) in [6.45, 7) is 0.848. The van der Waals surface area contributed by atoms with E-state index >= 15 is 0 Å². The summed E-state index contributed by atoms with van der Waals surface area (Å²) in [6, 6.07) is 9.36. The van der Waals surface area contributed by atoms with Gasteiger partial charge in [-0.2, -0.15) is 0 Å². The van der Waals surface area contributed by atoms with E-state index in [0.717, 1.165) is 11.6 Å². The van der Waals surface area contributed by atoms with Crippen molar-refractivity contribution in [2.45, 2.75) is 19.5 Å². The highest BCUT2D eigenvalue weighted by Gasteiger charge is 2.24. The van der Waals surface area contributed by atoms with E-state index in [4.69, 9.17) is 17.3 Å². The summed E-state index contributed by atoms with van der Waals surface area (Å²) >= 11 is 5.78. The molecule has 2 heterocycles. The molecule has 4 rings (SSSR count). The lowest BCUT2D eigenvalue weighted by Gasteiger charge is -2.28. The van der Waals surface area contributed by atoms with Crippen LogP contribution in [0.3, 0.4) is 0 Å². The quantitative estimate of drug-likeness (QED) is 0.519.